The van der Waals surface area contributed by atoms with Gasteiger partial charge in [0.15, 0.2) is 0 Å². The Morgan fingerprint density at radius 1 is 1.64 bits per heavy atom. The van der Waals surface area contributed by atoms with E-state index in [2.05, 4.69) is 5.32 Å². The van der Waals surface area contributed by atoms with E-state index in [1.807, 2.05) is 0 Å². The van der Waals surface area contributed by atoms with E-state index in [0.717, 1.165) is 6.42 Å². The topological polar surface area (TPSA) is 64.3 Å². The summed E-state index contributed by atoms with van der Waals surface area (Å²) in [7, 11) is 1.65. The Hall–Kier alpha value is -0.610. The maximum atomic E-state index is 11.0. The van der Waals surface area contributed by atoms with Crippen LogP contribution in [0.2, 0.25) is 0 Å². The molecule has 64 valence electrons. The first kappa shape index (κ1) is 8.49. The number of methoxy groups -OCH3 is 1. The SMILES string of the molecule is COC1CCC(N)C(=O)NC1. The summed E-state index contributed by atoms with van der Waals surface area (Å²) in [4.78, 5) is 11.0. The molecule has 0 bridgehead atoms. The first-order valence-corrected chi connectivity index (χ1v) is 3.80. The van der Waals surface area contributed by atoms with Crippen LogP contribution in [0.5, 0.6) is 0 Å². The third kappa shape index (κ3) is 2.17. The lowest BCUT2D eigenvalue weighted by Crippen LogP contribution is -2.39. The van der Waals surface area contributed by atoms with E-state index in [9.17, 15) is 4.79 Å². The standard InChI is InChI=1S/C7H14N2O2/c1-11-5-2-3-6(8)7(10)9-4-5/h5-6H,2-4,8H2,1H3,(H,9,10). The minimum Gasteiger partial charge on any atom is -0.380 e. The van der Waals surface area contributed by atoms with Crippen LogP contribution in [0.3, 0.4) is 0 Å². The average Bonchev–Trinajstić information content (AvgIpc) is 2.16. The number of nitrogens with one attached hydrogen (secondary N) is 1. The summed E-state index contributed by atoms with van der Waals surface area (Å²) >= 11 is 0. The molecule has 1 rings (SSSR count). The summed E-state index contributed by atoms with van der Waals surface area (Å²) in [5, 5.41) is 2.71. The Bertz CT molecular complexity index is 149. The Labute approximate surface area is 66.1 Å². The minimum absolute atomic E-state index is 0.0652. The van der Waals surface area contributed by atoms with Crippen molar-refractivity contribution in [3.05, 3.63) is 0 Å². The van der Waals surface area contributed by atoms with Crippen molar-refractivity contribution >= 4 is 5.91 Å². The lowest BCUT2D eigenvalue weighted by atomic mass is 10.1. The number of hydrogen-bond acceptors (Lipinski definition) is 3. The zero-order valence-electron chi connectivity index (χ0n) is 6.67. The number of ether oxygens (including phenoxy) is 1. The van der Waals surface area contributed by atoms with Crippen molar-refractivity contribution in [1.29, 1.82) is 0 Å². The van der Waals surface area contributed by atoms with Crippen LogP contribution in [0.4, 0.5) is 0 Å². The zero-order valence-corrected chi connectivity index (χ0v) is 6.67. The Morgan fingerprint density at radius 2 is 2.36 bits per heavy atom. The van der Waals surface area contributed by atoms with Gasteiger partial charge in [-0.25, -0.2) is 0 Å². The second-order valence-electron chi connectivity index (χ2n) is 2.79. The number of carbonyl (C=O) groups is 1. The third-order valence-corrected chi connectivity index (χ3v) is 1.97. The minimum atomic E-state index is -0.352. The van der Waals surface area contributed by atoms with Crippen molar-refractivity contribution in [2.75, 3.05) is 13.7 Å². The number of hydrogen-bond donors (Lipinski definition) is 2. The van der Waals surface area contributed by atoms with Gasteiger partial charge in [-0.05, 0) is 12.8 Å². The number of carbonyl (C=O) groups excluding carboxylic acids is 1. The molecule has 2 unspecified atom stereocenters. The predicted octanol–water partition coefficient (Wildman–Crippen LogP) is -0.761. The largest absolute Gasteiger partial charge is 0.380 e. The fraction of sp³-hybridized carbons (Fsp3) is 0.857. The van der Waals surface area contributed by atoms with Crippen molar-refractivity contribution < 1.29 is 9.53 Å². The normalized spacial score (nSPS) is 32.7. The van der Waals surface area contributed by atoms with E-state index in [0.29, 0.717) is 13.0 Å². The summed E-state index contributed by atoms with van der Waals surface area (Å²) in [6.07, 6.45) is 1.70. The van der Waals surface area contributed by atoms with E-state index < -0.39 is 0 Å². The highest BCUT2D eigenvalue weighted by Gasteiger charge is 2.21. The van der Waals surface area contributed by atoms with Crippen LogP contribution in [-0.4, -0.2) is 31.7 Å². The molecule has 1 aliphatic rings. The van der Waals surface area contributed by atoms with Gasteiger partial charge in [0.25, 0.3) is 0 Å². The molecule has 0 radical (unpaired) electrons. The van der Waals surface area contributed by atoms with Crippen LogP contribution in [0.25, 0.3) is 0 Å². The molecule has 2 atom stereocenters. The van der Waals surface area contributed by atoms with Crippen LogP contribution in [0.1, 0.15) is 12.8 Å². The van der Waals surface area contributed by atoms with Crippen LogP contribution in [0.15, 0.2) is 0 Å². The van der Waals surface area contributed by atoms with Gasteiger partial charge in [0.2, 0.25) is 5.91 Å². The first-order chi connectivity index (χ1) is 5.24. The molecule has 1 amide bonds. The molecular weight excluding hydrogens is 144 g/mol. The quantitative estimate of drug-likeness (QED) is 0.527. The lowest BCUT2D eigenvalue weighted by molar-refractivity contribution is -0.122. The maximum absolute atomic E-state index is 11.0. The summed E-state index contributed by atoms with van der Waals surface area (Å²) < 4.78 is 5.10. The lowest BCUT2D eigenvalue weighted by Gasteiger charge is -2.10. The summed E-state index contributed by atoms with van der Waals surface area (Å²) in [5.41, 5.74) is 5.53. The molecule has 4 nitrogen and oxygen atoms in total. The van der Waals surface area contributed by atoms with Gasteiger partial charge >= 0.3 is 0 Å². The average molecular weight is 158 g/mol. The van der Waals surface area contributed by atoms with Gasteiger partial charge in [-0.1, -0.05) is 0 Å². The summed E-state index contributed by atoms with van der Waals surface area (Å²) in [5.74, 6) is -0.0652. The maximum Gasteiger partial charge on any atom is 0.237 e. The molecule has 3 N–H and O–H groups in total. The fourth-order valence-electron chi connectivity index (χ4n) is 1.15. The van der Waals surface area contributed by atoms with Crippen LogP contribution in [0, 0.1) is 0 Å². The van der Waals surface area contributed by atoms with E-state index in [-0.39, 0.29) is 18.1 Å². The van der Waals surface area contributed by atoms with Crippen LogP contribution >= 0.6 is 0 Å². The molecule has 0 spiro atoms. The zero-order chi connectivity index (χ0) is 8.27. The first-order valence-electron chi connectivity index (χ1n) is 3.80. The fourth-order valence-corrected chi connectivity index (χ4v) is 1.15. The highest BCUT2D eigenvalue weighted by atomic mass is 16.5. The molecule has 0 aromatic heterocycles. The Balaban J connectivity index is 2.44. The molecule has 1 fully saturated rings. The van der Waals surface area contributed by atoms with Gasteiger partial charge in [-0.3, -0.25) is 4.79 Å². The Kier molecular flexibility index (Phi) is 2.84. The van der Waals surface area contributed by atoms with Gasteiger partial charge in [0.05, 0.1) is 12.1 Å². The van der Waals surface area contributed by atoms with E-state index in [4.69, 9.17) is 10.5 Å². The van der Waals surface area contributed by atoms with E-state index in [1.165, 1.54) is 0 Å². The van der Waals surface area contributed by atoms with Gasteiger partial charge in [0.1, 0.15) is 0 Å². The van der Waals surface area contributed by atoms with Crippen LogP contribution in [-0.2, 0) is 9.53 Å². The molecule has 4 heteroatoms. The van der Waals surface area contributed by atoms with Crippen molar-refractivity contribution in [3.63, 3.8) is 0 Å². The van der Waals surface area contributed by atoms with Crippen molar-refractivity contribution in [1.82, 2.24) is 5.32 Å². The molecule has 0 aromatic rings. The van der Waals surface area contributed by atoms with Crippen molar-refractivity contribution in [3.8, 4) is 0 Å². The second kappa shape index (κ2) is 3.69. The monoisotopic (exact) mass is 158 g/mol. The smallest absolute Gasteiger partial charge is 0.237 e. The molecule has 0 aliphatic carbocycles. The van der Waals surface area contributed by atoms with E-state index in [1.54, 1.807) is 7.11 Å². The van der Waals surface area contributed by atoms with Gasteiger partial charge < -0.3 is 15.8 Å². The molecular formula is C7H14N2O2. The molecule has 1 aliphatic heterocycles. The van der Waals surface area contributed by atoms with Crippen molar-refractivity contribution in [2.45, 2.75) is 25.0 Å². The number of rotatable bonds is 1. The van der Waals surface area contributed by atoms with Crippen LogP contribution < -0.4 is 11.1 Å². The molecule has 1 heterocycles. The van der Waals surface area contributed by atoms with Gasteiger partial charge in [-0.2, -0.15) is 0 Å². The third-order valence-electron chi connectivity index (χ3n) is 1.97. The molecule has 11 heavy (non-hydrogen) atoms. The summed E-state index contributed by atoms with van der Waals surface area (Å²) in [6, 6.07) is -0.352. The molecule has 0 saturated carbocycles. The van der Waals surface area contributed by atoms with Gasteiger partial charge in [0, 0.05) is 13.7 Å². The van der Waals surface area contributed by atoms with Gasteiger partial charge in [-0.15, -0.1) is 0 Å². The molecule has 0 aromatic carbocycles. The number of amides is 1. The molecule has 1 saturated heterocycles. The Morgan fingerprint density at radius 3 is 3.00 bits per heavy atom. The highest BCUT2D eigenvalue weighted by molar-refractivity contribution is 5.81. The second-order valence-corrected chi connectivity index (χ2v) is 2.79. The summed E-state index contributed by atoms with van der Waals surface area (Å²) in [6.45, 7) is 0.586. The van der Waals surface area contributed by atoms with Crippen molar-refractivity contribution in [2.24, 2.45) is 5.73 Å². The highest BCUT2D eigenvalue weighted by Crippen LogP contribution is 2.06. The predicted molar refractivity (Wildman–Crippen MR) is 41.0 cm³/mol. The van der Waals surface area contributed by atoms with E-state index >= 15 is 0 Å². The number of nitrogens with two attached hydrogens (primary N) is 1.